The third kappa shape index (κ3) is 3.36. The Morgan fingerprint density at radius 3 is 2.70 bits per heavy atom. The van der Waals surface area contributed by atoms with Crippen LogP contribution in [0.4, 0.5) is 5.95 Å². The van der Waals surface area contributed by atoms with Crippen LogP contribution in [-0.4, -0.2) is 32.9 Å². The van der Waals surface area contributed by atoms with Crippen LogP contribution in [0.3, 0.4) is 0 Å². The van der Waals surface area contributed by atoms with Gasteiger partial charge < -0.3 is 5.73 Å². The molecule has 0 bridgehead atoms. The molecule has 0 atom stereocenters. The summed E-state index contributed by atoms with van der Waals surface area (Å²) >= 11 is 7.11. The van der Waals surface area contributed by atoms with Gasteiger partial charge in [-0.1, -0.05) is 41.6 Å². The zero-order valence-corrected chi connectivity index (χ0v) is 15.9. The van der Waals surface area contributed by atoms with Gasteiger partial charge in [-0.25, -0.2) is 4.63 Å². The molecule has 2 aromatic carbocycles. The van der Waals surface area contributed by atoms with Crippen molar-refractivity contribution in [3.05, 3.63) is 53.1 Å². The molecule has 12 heteroatoms. The van der Waals surface area contributed by atoms with E-state index < -0.39 is 10.0 Å². The predicted molar refractivity (Wildman–Crippen MR) is 99.8 cm³/mol. The summed E-state index contributed by atoms with van der Waals surface area (Å²) < 4.78 is 31.2. The number of halogens is 1. The van der Waals surface area contributed by atoms with Gasteiger partial charge in [-0.3, -0.25) is 0 Å². The van der Waals surface area contributed by atoms with Crippen LogP contribution in [0.25, 0.3) is 11.0 Å². The Hall–Kier alpha value is -2.63. The number of nitrogens with two attached hydrogens (primary N) is 1. The lowest BCUT2D eigenvalue weighted by Crippen LogP contribution is -2.17. The lowest BCUT2D eigenvalue weighted by molar-refractivity contribution is 0.315. The van der Waals surface area contributed by atoms with Gasteiger partial charge in [0.05, 0.1) is 0 Å². The van der Waals surface area contributed by atoms with Crippen molar-refractivity contribution in [2.24, 2.45) is 0 Å². The minimum atomic E-state index is -4.11. The highest BCUT2D eigenvalue weighted by Crippen LogP contribution is 2.26. The molecule has 27 heavy (non-hydrogen) atoms. The van der Waals surface area contributed by atoms with Crippen LogP contribution in [0.1, 0.15) is 5.56 Å². The van der Waals surface area contributed by atoms with Crippen molar-refractivity contribution in [2.75, 3.05) is 5.73 Å². The summed E-state index contributed by atoms with van der Waals surface area (Å²) in [5.41, 5.74) is 7.19. The lowest BCUT2D eigenvalue weighted by atomic mass is 10.2. The number of anilines is 1. The van der Waals surface area contributed by atoms with Gasteiger partial charge in [0.1, 0.15) is 10.4 Å². The maximum atomic E-state index is 12.9. The molecule has 0 spiro atoms. The van der Waals surface area contributed by atoms with E-state index in [2.05, 4.69) is 25.0 Å². The second kappa shape index (κ2) is 6.83. The molecule has 0 saturated carbocycles. The SMILES string of the molecule is Nc1nc(SCc2ccc(Cl)cc2)nn1S(=O)(=O)c1cccc2nonc12. The number of hydrogen-bond acceptors (Lipinski definition) is 9. The van der Waals surface area contributed by atoms with Crippen LogP contribution >= 0.6 is 23.4 Å². The molecule has 2 N–H and O–H groups in total. The molecule has 4 aromatic rings. The summed E-state index contributed by atoms with van der Waals surface area (Å²) in [6, 6.07) is 11.8. The maximum Gasteiger partial charge on any atom is 0.288 e. The second-order valence-corrected chi connectivity index (χ2v) is 8.52. The fourth-order valence-electron chi connectivity index (χ4n) is 2.34. The standard InChI is InChI=1S/C15H11ClN6O3S2/c16-10-6-4-9(5-7-10)8-26-15-18-14(17)22(19-15)27(23,24)12-3-1-2-11-13(12)21-25-20-11/h1-7H,8H2,(H2,17,18,19). The highest BCUT2D eigenvalue weighted by molar-refractivity contribution is 7.98. The van der Waals surface area contributed by atoms with Crippen molar-refractivity contribution in [3.63, 3.8) is 0 Å². The van der Waals surface area contributed by atoms with Crippen LogP contribution in [0.5, 0.6) is 0 Å². The van der Waals surface area contributed by atoms with E-state index in [1.54, 1.807) is 18.2 Å². The van der Waals surface area contributed by atoms with E-state index in [1.807, 2.05) is 12.1 Å². The molecule has 2 aromatic heterocycles. The first kappa shape index (κ1) is 17.8. The van der Waals surface area contributed by atoms with Crippen LogP contribution in [0.2, 0.25) is 5.02 Å². The largest absolute Gasteiger partial charge is 0.367 e. The van der Waals surface area contributed by atoms with E-state index in [1.165, 1.54) is 23.9 Å². The zero-order chi connectivity index (χ0) is 19.0. The zero-order valence-electron chi connectivity index (χ0n) is 13.5. The fraction of sp³-hybridized carbons (Fsp3) is 0.0667. The number of fused-ring (bicyclic) bond motifs is 1. The molecule has 138 valence electrons. The third-order valence-electron chi connectivity index (χ3n) is 3.62. The summed E-state index contributed by atoms with van der Waals surface area (Å²) in [5.74, 6) is 0.283. The molecular formula is C15H11ClN6O3S2. The smallest absolute Gasteiger partial charge is 0.288 e. The number of thioether (sulfide) groups is 1. The van der Waals surface area contributed by atoms with Gasteiger partial charge in [0.25, 0.3) is 10.0 Å². The first-order valence-electron chi connectivity index (χ1n) is 7.52. The summed E-state index contributed by atoms with van der Waals surface area (Å²) in [6.07, 6.45) is 0. The average molecular weight is 423 g/mol. The summed E-state index contributed by atoms with van der Waals surface area (Å²) in [6.45, 7) is 0. The molecule has 0 saturated heterocycles. The van der Waals surface area contributed by atoms with Crippen LogP contribution in [-0.2, 0) is 15.8 Å². The van der Waals surface area contributed by atoms with Crippen molar-refractivity contribution in [2.45, 2.75) is 15.8 Å². The Kier molecular flexibility index (Phi) is 4.50. The van der Waals surface area contributed by atoms with Gasteiger partial charge in [-0.15, -0.1) is 9.19 Å². The third-order valence-corrected chi connectivity index (χ3v) is 6.39. The Bertz CT molecular complexity index is 1220. The monoisotopic (exact) mass is 422 g/mol. The van der Waals surface area contributed by atoms with Gasteiger partial charge in [0.2, 0.25) is 11.1 Å². The quantitative estimate of drug-likeness (QED) is 0.482. The number of nitrogen functional groups attached to an aromatic ring is 1. The topological polar surface area (TPSA) is 130 Å². The number of benzene rings is 2. The molecule has 9 nitrogen and oxygen atoms in total. The highest BCUT2D eigenvalue weighted by atomic mass is 35.5. The van der Waals surface area contributed by atoms with Gasteiger partial charge in [-0.05, 0) is 40.1 Å². The van der Waals surface area contributed by atoms with Crippen molar-refractivity contribution in [3.8, 4) is 0 Å². The normalized spacial score (nSPS) is 11.9. The Morgan fingerprint density at radius 1 is 1.15 bits per heavy atom. The Labute approximate surface area is 162 Å². The van der Waals surface area contributed by atoms with Crippen molar-refractivity contribution in [1.29, 1.82) is 0 Å². The van der Waals surface area contributed by atoms with Gasteiger partial charge in [0.15, 0.2) is 5.52 Å². The van der Waals surface area contributed by atoms with Crippen LogP contribution in [0, 0.1) is 0 Å². The van der Waals surface area contributed by atoms with Gasteiger partial charge in [-0.2, -0.15) is 13.4 Å². The fourth-order valence-corrected chi connectivity index (χ4v) is 4.60. The molecule has 0 aliphatic heterocycles. The molecule has 0 amide bonds. The molecule has 0 fully saturated rings. The first-order chi connectivity index (χ1) is 12.9. The Balaban J connectivity index is 1.64. The first-order valence-corrected chi connectivity index (χ1v) is 10.3. The molecule has 0 radical (unpaired) electrons. The summed E-state index contributed by atoms with van der Waals surface area (Å²) in [5, 5.41) is 12.2. The lowest BCUT2D eigenvalue weighted by Gasteiger charge is -2.04. The van der Waals surface area contributed by atoms with E-state index in [0.29, 0.717) is 20.4 Å². The van der Waals surface area contributed by atoms with E-state index in [0.717, 1.165) is 5.56 Å². The summed E-state index contributed by atoms with van der Waals surface area (Å²) in [7, 11) is -4.11. The predicted octanol–water partition coefficient (Wildman–Crippen LogP) is 2.58. The molecule has 0 aliphatic rings. The molecule has 0 unspecified atom stereocenters. The highest BCUT2D eigenvalue weighted by Gasteiger charge is 2.26. The van der Waals surface area contributed by atoms with E-state index >= 15 is 0 Å². The van der Waals surface area contributed by atoms with Crippen LogP contribution < -0.4 is 5.73 Å². The Morgan fingerprint density at radius 2 is 1.93 bits per heavy atom. The average Bonchev–Trinajstić information content (AvgIpc) is 3.27. The van der Waals surface area contributed by atoms with Crippen molar-refractivity contribution >= 4 is 50.4 Å². The summed E-state index contributed by atoms with van der Waals surface area (Å²) in [4.78, 5) is 3.91. The van der Waals surface area contributed by atoms with E-state index in [4.69, 9.17) is 17.3 Å². The van der Waals surface area contributed by atoms with Gasteiger partial charge in [0, 0.05) is 10.8 Å². The molecule has 0 aliphatic carbocycles. The molecular weight excluding hydrogens is 412 g/mol. The number of aromatic nitrogens is 5. The minimum Gasteiger partial charge on any atom is -0.367 e. The molecule has 4 rings (SSSR count). The van der Waals surface area contributed by atoms with E-state index in [-0.39, 0.29) is 21.5 Å². The second-order valence-electron chi connectivity index (χ2n) is 5.40. The number of hydrogen-bond donors (Lipinski definition) is 1. The van der Waals surface area contributed by atoms with Crippen LogP contribution in [0.15, 0.2) is 57.1 Å². The molecule has 2 heterocycles. The van der Waals surface area contributed by atoms with Crippen molar-refractivity contribution < 1.29 is 13.0 Å². The van der Waals surface area contributed by atoms with E-state index in [9.17, 15) is 8.42 Å². The number of rotatable bonds is 5. The van der Waals surface area contributed by atoms with Crippen molar-refractivity contribution in [1.82, 2.24) is 24.5 Å². The number of nitrogens with zero attached hydrogens (tertiary/aromatic N) is 5. The van der Waals surface area contributed by atoms with Gasteiger partial charge >= 0.3 is 0 Å². The maximum absolute atomic E-state index is 12.9. The minimum absolute atomic E-state index is 0.0998.